The molecule has 0 N–H and O–H groups in total. The van der Waals surface area contributed by atoms with Gasteiger partial charge in [-0.25, -0.2) is 0 Å². The Hall–Kier alpha value is -3.18. The summed E-state index contributed by atoms with van der Waals surface area (Å²) in [6.45, 7) is 3.98. The van der Waals surface area contributed by atoms with Gasteiger partial charge in [-0.15, -0.1) is 0 Å². The predicted octanol–water partition coefficient (Wildman–Crippen LogP) is 4.55. The zero-order valence-electron chi connectivity index (χ0n) is 18.6. The van der Waals surface area contributed by atoms with E-state index in [0.29, 0.717) is 19.3 Å². The van der Waals surface area contributed by atoms with Crippen LogP contribution in [-0.2, 0) is 11.3 Å². The molecule has 3 aromatic carbocycles. The van der Waals surface area contributed by atoms with Gasteiger partial charge in [0.25, 0.3) is 0 Å². The number of fused-ring (bicyclic) bond motifs is 1. The minimum Gasteiger partial charge on any atom is -0.496 e. The molecule has 3 aromatic rings. The van der Waals surface area contributed by atoms with Crippen molar-refractivity contribution in [3.8, 4) is 5.75 Å². The van der Waals surface area contributed by atoms with Gasteiger partial charge in [0.1, 0.15) is 5.75 Å². The van der Waals surface area contributed by atoms with Gasteiger partial charge in [-0.05, 0) is 29.3 Å². The summed E-state index contributed by atoms with van der Waals surface area (Å²) in [6, 6.07) is 21.9. The van der Waals surface area contributed by atoms with Crippen LogP contribution in [0.4, 0.5) is 0 Å². The number of hydrogen-bond donors (Lipinski definition) is 0. The molecule has 1 amide bonds. The normalized spacial score (nSPS) is 14.5. The molecule has 5 nitrogen and oxygen atoms in total. The number of carbonyl (C=O) groups is 2. The number of para-hydroxylation sites is 1. The van der Waals surface area contributed by atoms with Crippen LogP contribution in [0.15, 0.2) is 66.7 Å². The molecule has 0 aromatic heterocycles. The van der Waals surface area contributed by atoms with Gasteiger partial charge < -0.3 is 9.64 Å². The van der Waals surface area contributed by atoms with E-state index in [9.17, 15) is 9.59 Å². The first kappa shape index (κ1) is 22.0. The first-order valence-electron chi connectivity index (χ1n) is 11.3. The lowest BCUT2D eigenvalue weighted by molar-refractivity contribution is -0.133. The second-order valence-electron chi connectivity index (χ2n) is 8.31. The lowest BCUT2D eigenvalue weighted by Crippen LogP contribution is -2.48. The number of hydrogen-bond acceptors (Lipinski definition) is 4. The lowest BCUT2D eigenvalue weighted by atomic mass is 10.0. The fraction of sp³-hybridized carbons (Fsp3) is 0.333. The molecule has 1 aliphatic rings. The van der Waals surface area contributed by atoms with Crippen molar-refractivity contribution in [2.75, 3.05) is 33.3 Å². The molecule has 0 aliphatic carbocycles. The standard InChI is InChI=1S/C27H30N2O3/c1-32-26-11-5-4-9-24(26)20-28-15-17-29(18-16-28)27(31)12-6-10-25(30)23-14-13-21-7-2-3-8-22(21)19-23/h2-5,7-9,11,13-14,19H,6,10,12,15-18,20H2,1H3. The van der Waals surface area contributed by atoms with Crippen molar-refractivity contribution >= 4 is 22.5 Å². The molecule has 0 saturated carbocycles. The molecule has 32 heavy (non-hydrogen) atoms. The van der Waals surface area contributed by atoms with Crippen molar-refractivity contribution in [1.82, 2.24) is 9.80 Å². The summed E-state index contributed by atoms with van der Waals surface area (Å²) in [4.78, 5) is 29.5. The molecule has 1 saturated heterocycles. The van der Waals surface area contributed by atoms with E-state index in [1.165, 1.54) is 5.56 Å². The van der Waals surface area contributed by atoms with E-state index >= 15 is 0 Å². The molecule has 5 heteroatoms. The van der Waals surface area contributed by atoms with Crippen molar-refractivity contribution < 1.29 is 14.3 Å². The molecule has 1 aliphatic heterocycles. The minimum atomic E-state index is 0.102. The molecule has 0 unspecified atom stereocenters. The van der Waals surface area contributed by atoms with Gasteiger partial charge in [-0.2, -0.15) is 0 Å². The molecular formula is C27H30N2O3. The third-order valence-corrected chi connectivity index (χ3v) is 6.18. The van der Waals surface area contributed by atoms with Crippen molar-refractivity contribution in [1.29, 1.82) is 0 Å². The molecule has 0 atom stereocenters. The van der Waals surface area contributed by atoms with E-state index in [-0.39, 0.29) is 11.7 Å². The SMILES string of the molecule is COc1ccccc1CN1CCN(C(=O)CCCC(=O)c2ccc3ccccc3c2)CC1. The van der Waals surface area contributed by atoms with E-state index in [2.05, 4.69) is 11.0 Å². The maximum Gasteiger partial charge on any atom is 0.222 e. The zero-order valence-corrected chi connectivity index (χ0v) is 18.6. The van der Waals surface area contributed by atoms with E-state index in [0.717, 1.165) is 54.8 Å². The van der Waals surface area contributed by atoms with Crippen LogP contribution >= 0.6 is 0 Å². The van der Waals surface area contributed by atoms with Gasteiger partial charge in [-0.3, -0.25) is 14.5 Å². The number of methoxy groups -OCH3 is 1. The number of benzene rings is 3. The maximum atomic E-state index is 12.6. The van der Waals surface area contributed by atoms with Gasteiger partial charge in [0.15, 0.2) is 5.78 Å². The van der Waals surface area contributed by atoms with E-state index in [4.69, 9.17) is 4.74 Å². The van der Waals surface area contributed by atoms with Crippen LogP contribution in [0, 0.1) is 0 Å². The number of ether oxygens (including phenoxy) is 1. The number of amides is 1. The monoisotopic (exact) mass is 430 g/mol. The maximum absolute atomic E-state index is 12.6. The molecule has 4 rings (SSSR count). The van der Waals surface area contributed by atoms with Crippen LogP contribution in [0.25, 0.3) is 10.8 Å². The first-order valence-corrected chi connectivity index (χ1v) is 11.3. The number of rotatable bonds is 8. The summed E-state index contributed by atoms with van der Waals surface area (Å²) in [6.07, 6.45) is 1.41. The Labute approximate surface area is 189 Å². The largest absolute Gasteiger partial charge is 0.496 e. The summed E-state index contributed by atoms with van der Waals surface area (Å²) in [5.41, 5.74) is 1.89. The molecule has 1 heterocycles. The Bertz CT molecular complexity index is 1090. The number of nitrogens with zero attached hydrogens (tertiary/aromatic N) is 2. The molecule has 0 radical (unpaired) electrons. The third-order valence-electron chi connectivity index (χ3n) is 6.18. The minimum absolute atomic E-state index is 0.102. The van der Waals surface area contributed by atoms with Gasteiger partial charge in [0, 0.05) is 56.7 Å². The Balaban J connectivity index is 1.21. The average Bonchev–Trinajstić information content (AvgIpc) is 2.84. The van der Waals surface area contributed by atoms with Crippen LogP contribution in [0.2, 0.25) is 0 Å². The number of Topliss-reactive ketones (excluding diaryl/α,β-unsaturated/α-hetero) is 1. The van der Waals surface area contributed by atoms with Crippen molar-refractivity contribution in [2.45, 2.75) is 25.8 Å². The van der Waals surface area contributed by atoms with Gasteiger partial charge in [0.2, 0.25) is 5.91 Å². The highest BCUT2D eigenvalue weighted by atomic mass is 16.5. The van der Waals surface area contributed by atoms with Crippen molar-refractivity contribution in [3.05, 3.63) is 77.9 Å². The van der Waals surface area contributed by atoms with Gasteiger partial charge in [0.05, 0.1) is 7.11 Å². The van der Waals surface area contributed by atoms with E-state index in [1.807, 2.05) is 65.6 Å². The topological polar surface area (TPSA) is 49.9 Å². The van der Waals surface area contributed by atoms with Crippen LogP contribution in [0.3, 0.4) is 0 Å². The van der Waals surface area contributed by atoms with Crippen molar-refractivity contribution in [2.24, 2.45) is 0 Å². The Morgan fingerprint density at radius 2 is 1.56 bits per heavy atom. The number of carbonyl (C=O) groups excluding carboxylic acids is 2. The fourth-order valence-electron chi connectivity index (χ4n) is 4.30. The van der Waals surface area contributed by atoms with E-state index < -0.39 is 0 Å². The van der Waals surface area contributed by atoms with Gasteiger partial charge in [-0.1, -0.05) is 54.6 Å². The Morgan fingerprint density at radius 1 is 0.844 bits per heavy atom. The highest BCUT2D eigenvalue weighted by Gasteiger charge is 2.21. The summed E-state index contributed by atoms with van der Waals surface area (Å²) in [7, 11) is 1.69. The second-order valence-corrected chi connectivity index (χ2v) is 8.31. The molecule has 1 fully saturated rings. The third kappa shape index (κ3) is 5.35. The summed E-state index contributed by atoms with van der Waals surface area (Å²) < 4.78 is 5.44. The molecule has 0 bridgehead atoms. The summed E-state index contributed by atoms with van der Waals surface area (Å²) in [5, 5.41) is 2.20. The Kier molecular flexibility index (Phi) is 7.17. The molecule has 166 valence electrons. The van der Waals surface area contributed by atoms with Crippen LogP contribution in [-0.4, -0.2) is 54.8 Å². The summed E-state index contributed by atoms with van der Waals surface area (Å²) in [5.74, 6) is 1.15. The Morgan fingerprint density at radius 3 is 2.34 bits per heavy atom. The van der Waals surface area contributed by atoms with Gasteiger partial charge >= 0.3 is 0 Å². The number of ketones is 1. The average molecular weight is 431 g/mol. The molecule has 0 spiro atoms. The smallest absolute Gasteiger partial charge is 0.222 e. The number of piperazine rings is 1. The molecular weight excluding hydrogens is 400 g/mol. The predicted molar refractivity (Wildman–Crippen MR) is 127 cm³/mol. The first-order chi connectivity index (χ1) is 15.6. The second kappa shape index (κ2) is 10.4. The van der Waals surface area contributed by atoms with Crippen LogP contribution < -0.4 is 4.74 Å². The fourth-order valence-corrected chi connectivity index (χ4v) is 4.30. The quantitative estimate of drug-likeness (QED) is 0.492. The highest BCUT2D eigenvalue weighted by Crippen LogP contribution is 2.21. The van der Waals surface area contributed by atoms with Crippen molar-refractivity contribution in [3.63, 3.8) is 0 Å². The lowest BCUT2D eigenvalue weighted by Gasteiger charge is -2.35. The zero-order chi connectivity index (χ0) is 22.3. The summed E-state index contributed by atoms with van der Waals surface area (Å²) >= 11 is 0. The highest BCUT2D eigenvalue weighted by molar-refractivity contribution is 6.00. The van der Waals surface area contributed by atoms with Crippen LogP contribution in [0.1, 0.15) is 35.2 Å². The van der Waals surface area contributed by atoms with E-state index in [1.54, 1.807) is 7.11 Å². The van der Waals surface area contributed by atoms with Crippen LogP contribution in [0.5, 0.6) is 5.75 Å².